The molecule has 4 unspecified atom stereocenters. The first-order valence-corrected chi connectivity index (χ1v) is 7.09. The van der Waals surface area contributed by atoms with Gasteiger partial charge in [-0.2, -0.15) is 0 Å². The van der Waals surface area contributed by atoms with Crippen molar-refractivity contribution in [3.05, 3.63) is 0 Å². The van der Waals surface area contributed by atoms with Gasteiger partial charge in [-0.3, -0.25) is 9.59 Å². The molecule has 0 aromatic heterocycles. The molecule has 100 valence electrons. The Kier molecular flexibility index (Phi) is 2.38. The van der Waals surface area contributed by atoms with Gasteiger partial charge in [0.05, 0.1) is 11.0 Å². The normalized spacial score (nSPS) is 53.2. The second-order valence-corrected chi connectivity index (χ2v) is 8.71. The van der Waals surface area contributed by atoms with Crippen molar-refractivity contribution >= 4 is 35.0 Å². The SMILES string of the molecule is O=COC12CC3(O)CC(I)(C1)CC(C(=O)O)(C3)C2. The highest BCUT2D eigenvalue weighted by molar-refractivity contribution is 14.1. The van der Waals surface area contributed by atoms with Gasteiger partial charge in [-0.1, -0.05) is 22.6 Å². The van der Waals surface area contributed by atoms with E-state index >= 15 is 0 Å². The van der Waals surface area contributed by atoms with Crippen LogP contribution >= 0.6 is 22.6 Å². The number of carboxylic acids is 1. The van der Waals surface area contributed by atoms with Gasteiger partial charge in [0, 0.05) is 22.7 Å². The van der Waals surface area contributed by atoms with Crippen LogP contribution in [0.3, 0.4) is 0 Å². The van der Waals surface area contributed by atoms with E-state index in [-0.39, 0.29) is 9.84 Å². The maximum absolute atomic E-state index is 11.6. The molecule has 6 heteroatoms. The number of carbonyl (C=O) groups excluding carboxylic acids is 1. The van der Waals surface area contributed by atoms with Gasteiger partial charge in [0.2, 0.25) is 0 Å². The molecule has 4 fully saturated rings. The second-order valence-electron chi connectivity index (χ2n) is 6.42. The Morgan fingerprint density at radius 3 is 2.44 bits per heavy atom. The van der Waals surface area contributed by atoms with Crippen LogP contribution in [0.2, 0.25) is 0 Å². The molecule has 0 saturated heterocycles. The molecular weight excluding hydrogens is 351 g/mol. The third-order valence-corrected chi connectivity index (χ3v) is 5.82. The van der Waals surface area contributed by atoms with Crippen LogP contribution in [0, 0.1) is 5.41 Å². The summed E-state index contributed by atoms with van der Waals surface area (Å²) in [4.78, 5) is 22.3. The Hall–Kier alpha value is -0.370. The molecule has 4 rings (SSSR count). The van der Waals surface area contributed by atoms with Crippen LogP contribution in [-0.2, 0) is 14.3 Å². The number of hydrogen-bond donors (Lipinski definition) is 2. The van der Waals surface area contributed by atoms with E-state index in [0.29, 0.717) is 38.6 Å². The fraction of sp³-hybridized carbons (Fsp3) is 0.833. The molecule has 0 heterocycles. The highest BCUT2D eigenvalue weighted by Gasteiger charge is 2.71. The molecule has 4 aliphatic rings. The predicted molar refractivity (Wildman–Crippen MR) is 69.4 cm³/mol. The summed E-state index contributed by atoms with van der Waals surface area (Å²) >= 11 is 2.25. The fourth-order valence-electron chi connectivity index (χ4n) is 4.82. The van der Waals surface area contributed by atoms with E-state index in [9.17, 15) is 19.8 Å². The number of rotatable bonds is 3. The molecular formula is C12H15IO5. The van der Waals surface area contributed by atoms with Gasteiger partial charge in [-0.15, -0.1) is 0 Å². The van der Waals surface area contributed by atoms with Crippen molar-refractivity contribution in [1.29, 1.82) is 0 Å². The van der Waals surface area contributed by atoms with E-state index in [0.717, 1.165) is 0 Å². The maximum Gasteiger partial charge on any atom is 0.309 e. The van der Waals surface area contributed by atoms with Crippen LogP contribution in [0.5, 0.6) is 0 Å². The highest BCUT2D eigenvalue weighted by atomic mass is 127. The molecule has 0 radical (unpaired) electrons. The molecule has 4 aliphatic carbocycles. The molecule has 4 atom stereocenters. The lowest BCUT2D eigenvalue weighted by Crippen LogP contribution is -2.69. The minimum Gasteiger partial charge on any atom is -0.481 e. The van der Waals surface area contributed by atoms with Gasteiger partial charge in [-0.05, 0) is 19.3 Å². The standard InChI is InChI=1S/C12H15IO5/c13-10-1-9(8(15)16)2-11(17,4-10)6-12(3-9,5-10)18-7-14/h7,17H,1-6H2,(H,15,16). The quantitative estimate of drug-likeness (QED) is 0.446. The first kappa shape index (κ1) is 12.7. The molecule has 0 spiro atoms. The molecule has 2 N–H and O–H groups in total. The number of carbonyl (C=O) groups is 2. The average Bonchev–Trinajstić information content (AvgIpc) is 2.10. The first-order chi connectivity index (χ1) is 8.25. The van der Waals surface area contributed by atoms with E-state index in [1.54, 1.807) is 0 Å². The predicted octanol–water partition coefficient (Wildman–Crippen LogP) is 1.26. The topological polar surface area (TPSA) is 83.8 Å². The monoisotopic (exact) mass is 366 g/mol. The van der Waals surface area contributed by atoms with E-state index in [4.69, 9.17) is 4.74 Å². The van der Waals surface area contributed by atoms with Crippen LogP contribution < -0.4 is 0 Å². The van der Waals surface area contributed by atoms with Crippen molar-refractivity contribution < 1.29 is 24.5 Å². The van der Waals surface area contributed by atoms with Crippen LogP contribution in [0.4, 0.5) is 0 Å². The number of hydrogen-bond acceptors (Lipinski definition) is 4. The largest absolute Gasteiger partial charge is 0.481 e. The smallest absolute Gasteiger partial charge is 0.309 e. The van der Waals surface area contributed by atoms with Gasteiger partial charge >= 0.3 is 5.97 Å². The van der Waals surface area contributed by atoms with Gasteiger partial charge in [0.15, 0.2) is 0 Å². The lowest BCUT2D eigenvalue weighted by Gasteiger charge is -2.65. The van der Waals surface area contributed by atoms with Crippen molar-refractivity contribution in [1.82, 2.24) is 0 Å². The minimum atomic E-state index is -1.00. The molecule has 4 saturated carbocycles. The molecule has 4 bridgehead atoms. The van der Waals surface area contributed by atoms with Crippen molar-refractivity contribution in [3.8, 4) is 0 Å². The maximum atomic E-state index is 11.6. The zero-order valence-corrected chi connectivity index (χ0v) is 12.0. The number of alkyl halides is 1. The second kappa shape index (κ2) is 3.39. The fourth-order valence-corrected chi connectivity index (χ4v) is 6.96. The minimum absolute atomic E-state index is 0.275. The first-order valence-electron chi connectivity index (χ1n) is 6.01. The van der Waals surface area contributed by atoms with Crippen molar-refractivity contribution in [2.24, 2.45) is 5.41 Å². The van der Waals surface area contributed by atoms with E-state index in [2.05, 4.69) is 22.6 Å². The summed E-state index contributed by atoms with van der Waals surface area (Å²) in [6.45, 7) is 0.395. The summed E-state index contributed by atoms with van der Waals surface area (Å²) in [7, 11) is 0. The number of carboxylic acid groups (broad SMARTS) is 1. The highest BCUT2D eigenvalue weighted by Crippen LogP contribution is 2.68. The Balaban J connectivity index is 2.08. The Morgan fingerprint density at radius 2 is 1.89 bits per heavy atom. The number of halogens is 1. The molecule has 5 nitrogen and oxygen atoms in total. The van der Waals surface area contributed by atoms with Gasteiger partial charge < -0.3 is 14.9 Å². The summed E-state index contributed by atoms with van der Waals surface area (Å²) in [6.07, 6.45) is 2.79. The average molecular weight is 366 g/mol. The van der Waals surface area contributed by atoms with Gasteiger partial charge in [-0.25, -0.2) is 0 Å². The van der Waals surface area contributed by atoms with Crippen LogP contribution in [0.15, 0.2) is 0 Å². The summed E-state index contributed by atoms with van der Waals surface area (Å²) in [5, 5.41) is 20.1. The summed E-state index contributed by atoms with van der Waals surface area (Å²) in [5.74, 6) is -0.875. The third-order valence-electron chi connectivity index (χ3n) is 4.67. The Labute approximate surface area is 118 Å². The number of ether oxygens (including phenoxy) is 1. The lowest BCUT2D eigenvalue weighted by molar-refractivity contribution is -0.231. The summed E-state index contributed by atoms with van der Waals surface area (Å²) in [6, 6.07) is 0. The van der Waals surface area contributed by atoms with Crippen molar-refractivity contribution in [2.45, 2.75) is 53.1 Å². The van der Waals surface area contributed by atoms with Crippen molar-refractivity contribution in [2.75, 3.05) is 0 Å². The lowest BCUT2D eigenvalue weighted by atomic mass is 9.46. The van der Waals surface area contributed by atoms with E-state index in [1.807, 2.05) is 0 Å². The van der Waals surface area contributed by atoms with E-state index in [1.165, 1.54) is 0 Å². The molecule has 18 heavy (non-hydrogen) atoms. The van der Waals surface area contributed by atoms with Crippen LogP contribution in [-0.4, -0.2) is 37.3 Å². The third kappa shape index (κ3) is 1.61. The zero-order valence-electron chi connectivity index (χ0n) is 9.82. The Bertz CT molecular complexity index is 416. The molecule has 0 aromatic carbocycles. The zero-order chi connectivity index (χ0) is 13.2. The number of aliphatic carboxylic acids is 1. The van der Waals surface area contributed by atoms with Crippen molar-refractivity contribution in [3.63, 3.8) is 0 Å². The summed E-state index contributed by atoms with van der Waals surface area (Å²) in [5.41, 5.74) is -2.73. The molecule has 0 aromatic rings. The van der Waals surface area contributed by atoms with E-state index < -0.39 is 22.6 Å². The number of aliphatic hydroxyl groups is 1. The van der Waals surface area contributed by atoms with Crippen LogP contribution in [0.1, 0.15) is 38.5 Å². The molecule has 0 amide bonds. The van der Waals surface area contributed by atoms with Crippen LogP contribution in [0.25, 0.3) is 0 Å². The molecule has 0 aliphatic heterocycles. The van der Waals surface area contributed by atoms with Gasteiger partial charge in [0.25, 0.3) is 6.47 Å². The summed E-state index contributed by atoms with van der Waals surface area (Å²) < 4.78 is 4.96. The Morgan fingerprint density at radius 1 is 1.17 bits per heavy atom. The van der Waals surface area contributed by atoms with Gasteiger partial charge in [0.1, 0.15) is 5.60 Å².